The van der Waals surface area contributed by atoms with Crippen LogP contribution in [-0.2, 0) is 7.05 Å². The number of aromatic nitrogens is 2. The molecule has 2 aromatic rings. The summed E-state index contributed by atoms with van der Waals surface area (Å²) in [6, 6.07) is 4.01. The van der Waals surface area contributed by atoms with Crippen molar-refractivity contribution in [3.05, 3.63) is 34.4 Å². The number of carbonyl (C=O) groups is 1. The van der Waals surface area contributed by atoms with Crippen LogP contribution < -0.4 is 5.56 Å². The van der Waals surface area contributed by atoms with Gasteiger partial charge in [0.2, 0.25) is 0 Å². The molecule has 3 heterocycles. The zero-order valence-electron chi connectivity index (χ0n) is 11.8. The molecule has 6 nitrogen and oxygen atoms in total. The lowest BCUT2D eigenvalue weighted by Crippen LogP contribution is -2.38. The number of aryl methyl sites for hydroxylation is 1. The predicted molar refractivity (Wildman–Crippen MR) is 77.8 cm³/mol. The zero-order valence-corrected chi connectivity index (χ0v) is 11.8. The van der Waals surface area contributed by atoms with E-state index in [0.29, 0.717) is 42.4 Å². The van der Waals surface area contributed by atoms with E-state index in [0.717, 1.165) is 0 Å². The summed E-state index contributed by atoms with van der Waals surface area (Å²) in [7, 11) is 1.64. The summed E-state index contributed by atoms with van der Waals surface area (Å²) in [6.07, 6.45) is 4.69. The molecule has 1 aliphatic heterocycles. The Kier molecular flexibility index (Phi) is 3.26. The number of pyridine rings is 1. The van der Waals surface area contributed by atoms with Crippen LogP contribution in [0, 0.1) is 17.2 Å². The molecule has 0 radical (unpaired) electrons. The molecular weight excluding hydrogens is 268 g/mol. The topological polar surface area (TPSA) is 81.9 Å². The number of nitriles is 1. The first-order valence-electron chi connectivity index (χ1n) is 6.97. The molecule has 108 valence electrons. The van der Waals surface area contributed by atoms with Gasteiger partial charge in [-0.25, -0.2) is 0 Å². The first-order valence-corrected chi connectivity index (χ1v) is 6.97. The van der Waals surface area contributed by atoms with Gasteiger partial charge in [-0.1, -0.05) is 0 Å². The molecular formula is C15H16N4O2. The van der Waals surface area contributed by atoms with E-state index in [1.165, 1.54) is 4.57 Å². The molecule has 0 atom stereocenters. The van der Waals surface area contributed by atoms with Gasteiger partial charge in [0, 0.05) is 43.8 Å². The fourth-order valence-electron chi connectivity index (χ4n) is 2.82. The number of likely N-dealkylation sites (tertiary alicyclic amines) is 1. The zero-order chi connectivity index (χ0) is 15.0. The Morgan fingerprint density at radius 3 is 2.81 bits per heavy atom. The summed E-state index contributed by atoms with van der Waals surface area (Å²) in [6.45, 7) is 1.18. The first kappa shape index (κ1) is 13.4. The average Bonchev–Trinajstić information content (AvgIpc) is 3.00. The van der Waals surface area contributed by atoms with Crippen LogP contribution in [0.3, 0.4) is 0 Å². The van der Waals surface area contributed by atoms with Gasteiger partial charge in [-0.2, -0.15) is 5.26 Å². The van der Waals surface area contributed by atoms with Crippen molar-refractivity contribution in [2.75, 3.05) is 13.1 Å². The third kappa shape index (κ3) is 2.21. The van der Waals surface area contributed by atoms with Crippen molar-refractivity contribution in [2.24, 2.45) is 13.0 Å². The summed E-state index contributed by atoms with van der Waals surface area (Å²) in [4.78, 5) is 29.3. The Morgan fingerprint density at radius 1 is 1.43 bits per heavy atom. The lowest BCUT2D eigenvalue weighted by atomic mass is 9.98. The quantitative estimate of drug-likeness (QED) is 0.855. The fraction of sp³-hybridized carbons (Fsp3) is 0.400. The van der Waals surface area contributed by atoms with E-state index >= 15 is 0 Å². The van der Waals surface area contributed by atoms with Gasteiger partial charge in [-0.3, -0.25) is 9.59 Å². The van der Waals surface area contributed by atoms with E-state index in [9.17, 15) is 9.59 Å². The maximum Gasteiger partial charge on any atom is 0.274 e. The van der Waals surface area contributed by atoms with Gasteiger partial charge in [-0.15, -0.1) is 0 Å². The van der Waals surface area contributed by atoms with Gasteiger partial charge in [0.15, 0.2) is 0 Å². The van der Waals surface area contributed by atoms with E-state index in [-0.39, 0.29) is 17.4 Å². The Hall–Kier alpha value is -2.55. The molecule has 1 amide bonds. The number of fused-ring (bicyclic) bond motifs is 1. The molecule has 21 heavy (non-hydrogen) atoms. The highest BCUT2D eigenvalue weighted by Gasteiger charge is 2.25. The average molecular weight is 284 g/mol. The second-order valence-corrected chi connectivity index (χ2v) is 5.42. The van der Waals surface area contributed by atoms with Crippen LogP contribution in [0.5, 0.6) is 0 Å². The van der Waals surface area contributed by atoms with Crippen LogP contribution in [0.15, 0.2) is 23.3 Å². The molecule has 1 fully saturated rings. The summed E-state index contributed by atoms with van der Waals surface area (Å²) >= 11 is 0. The standard InChI is InChI=1S/C15H16N4O2/c1-18-9-12(11-2-5-17-13(11)15(18)21)14(20)19-6-3-10(8-16)4-7-19/h2,5,9-10,17H,3-4,6-7H2,1H3. The number of hydrogen-bond acceptors (Lipinski definition) is 3. The lowest BCUT2D eigenvalue weighted by Gasteiger charge is -2.29. The van der Waals surface area contributed by atoms with Crippen molar-refractivity contribution in [3.63, 3.8) is 0 Å². The third-order valence-corrected chi connectivity index (χ3v) is 4.09. The van der Waals surface area contributed by atoms with E-state index in [2.05, 4.69) is 11.1 Å². The highest BCUT2D eigenvalue weighted by Crippen LogP contribution is 2.21. The smallest absolute Gasteiger partial charge is 0.274 e. The van der Waals surface area contributed by atoms with Gasteiger partial charge in [0.1, 0.15) is 5.52 Å². The number of carbonyl (C=O) groups excluding carboxylic acids is 1. The van der Waals surface area contributed by atoms with Crippen molar-refractivity contribution in [1.82, 2.24) is 14.5 Å². The minimum absolute atomic E-state index is 0.0430. The number of aromatic amines is 1. The number of rotatable bonds is 1. The van der Waals surface area contributed by atoms with Crippen LogP contribution in [0.1, 0.15) is 23.2 Å². The number of piperidine rings is 1. The molecule has 2 aromatic heterocycles. The van der Waals surface area contributed by atoms with Crippen LogP contribution in [0.25, 0.3) is 10.9 Å². The number of nitrogens with zero attached hydrogens (tertiary/aromatic N) is 3. The van der Waals surface area contributed by atoms with Gasteiger partial charge in [-0.05, 0) is 18.9 Å². The molecule has 0 aromatic carbocycles. The van der Waals surface area contributed by atoms with Crippen molar-refractivity contribution >= 4 is 16.8 Å². The number of hydrogen-bond donors (Lipinski definition) is 1. The number of nitrogens with one attached hydrogen (secondary N) is 1. The van der Waals surface area contributed by atoms with E-state index in [1.807, 2.05) is 0 Å². The molecule has 0 spiro atoms. The maximum absolute atomic E-state index is 12.7. The van der Waals surface area contributed by atoms with Crippen molar-refractivity contribution in [3.8, 4) is 6.07 Å². The second-order valence-electron chi connectivity index (χ2n) is 5.42. The normalized spacial score (nSPS) is 16.1. The van der Waals surface area contributed by atoms with Crippen molar-refractivity contribution in [1.29, 1.82) is 5.26 Å². The van der Waals surface area contributed by atoms with Gasteiger partial charge >= 0.3 is 0 Å². The summed E-state index contributed by atoms with van der Waals surface area (Å²) in [5.41, 5.74) is 0.841. The molecule has 0 saturated carbocycles. The third-order valence-electron chi connectivity index (χ3n) is 4.09. The second kappa shape index (κ2) is 5.09. The fourth-order valence-corrected chi connectivity index (χ4v) is 2.82. The Morgan fingerprint density at radius 2 is 2.14 bits per heavy atom. The Balaban J connectivity index is 1.96. The minimum atomic E-state index is -0.144. The monoisotopic (exact) mass is 284 g/mol. The van der Waals surface area contributed by atoms with Crippen LogP contribution in [0.4, 0.5) is 0 Å². The van der Waals surface area contributed by atoms with Crippen molar-refractivity contribution < 1.29 is 4.79 Å². The first-order chi connectivity index (χ1) is 10.1. The van der Waals surface area contributed by atoms with E-state index in [1.54, 1.807) is 30.4 Å². The van der Waals surface area contributed by atoms with Gasteiger partial charge in [0.25, 0.3) is 11.5 Å². The molecule has 0 aliphatic carbocycles. The molecule has 0 unspecified atom stereocenters. The van der Waals surface area contributed by atoms with E-state index < -0.39 is 0 Å². The summed E-state index contributed by atoms with van der Waals surface area (Å²) in [5.74, 6) is -0.0342. The predicted octanol–water partition coefficient (Wildman–Crippen LogP) is 1.24. The maximum atomic E-state index is 12.7. The van der Waals surface area contributed by atoms with Crippen molar-refractivity contribution in [2.45, 2.75) is 12.8 Å². The lowest BCUT2D eigenvalue weighted by molar-refractivity contribution is 0.0708. The summed E-state index contributed by atoms with van der Waals surface area (Å²) < 4.78 is 1.42. The Bertz CT molecular complexity index is 788. The Labute approximate surface area is 121 Å². The van der Waals surface area contributed by atoms with Crippen LogP contribution in [-0.4, -0.2) is 33.4 Å². The summed E-state index contributed by atoms with van der Waals surface area (Å²) in [5, 5.41) is 9.58. The highest BCUT2D eigenvalue weighted by atomic mass is 16.2. The van der Waals surface area contributed by atoms with Crippen LogP contribution in [0.2, 0.25) is 0 Å². The molecule has 3 rings (SSSR count). The molecule has 1 aliphatic rings. The largest absolute Gasteiger partial charge is 0.357 e. The number of H-pyrrole nitrogens is 1. The van der Waals surface area contributed by atoms with E-state index in [4.69, 9.17) is 5.26 Å². The molecule has 1 saturated heterocycles. The van der Waals surface area contributed by atoms with Gasteiger partial charge < -0.3 is 14.5 Å². The van der Waals surface area contributed by atoms with Gasteiger partial charge in [0.05, 0.1) is 11.6 Å². The molecule has 6 heteroatoms. The highest BCUT2D eigenvalue weighted by molar-refractivity contribution is 6.05. The molecule has 1 N–H and O–H groups in total. The number of amides is 1. The SMILES string of the molecule is Cn1cc(C(=O)N2CCC(C#N)CC2)c2cc[nH]c2c1=O. The molecule has 0 bridgehead atoms. The van der Waals surface area contributed by atoms with Crippen LogP contribution >= 0.6 is 0 Å². The minimum Gasteiger partial charge on any atom is -0.357 e.